The summed E-state index contributed by atoms with van der Waals surface area (Å²) in [6.45, 7) is 2.13. The Bertz CT molecular complexity index is 1890. The molecule has 0 radical (unpaired) electrons. The molecule has 0 atom stereocenters. The minimum absolute atomic E-state index is 0.884. The number of nitrogens with one attached hydrogen (secondary N) is 1. The third-order valence-electron chi connectivity index (χ3n) is 6.95. The highest BCUT2D eigenvalue weighted by Crippen LogP contribution is 2.41. The van der Waals surface area contributed by atoms with Gasteiger partial charge in [-0.1, -0.05) is 97.1 Å². The lowest BCUT2D eigenvalue weighted by Crippen LogP contribution is -1.94. The average molecular weight is 450 g/mol. The van der Waals surface area contributed by atoms with Crippen LogP contribution >= 0.6 is 0 Å². The van der Waals surface area contributed by atoms with Gasteiger partial charge in [-0.05, 0) is 57.8 Å². The summed E-state index contributed by atoms with van der Waals surface area (Å²) in [7, 11) is 0. The molecule has 35 heavy (non-hydrogen) atoms. The van der Waals surface area contributed by atoms with Gasteiger partial charge >= 0.3 is 0 Å². The molecule has 2 heteroatoms. The van der Waals surface area contributed by atoms with E-state index in [0.717, 1.165) is 33.5 Å². The van der Waals surface area contributed by atoms with Crippen molar-refractivity contribution in [1.29, 1.82) is 0 Å². The van der Waals surface area contributed by atoms with E-state index < -0.39 is 0 Å². The van der Waals surface area contributed by atoms with Gasteiger partial charge in [0.15, 0.2) is 5.58 Å². The molecule has 0 fully saturated rings. The van der Waals surface area contributed by atoms with Crippen LogP contribution in [-0.4, -0.2) is 0 Å². The van der Waals surface area contributed by atoms with Gasteiger partial charge in [0, 0.05) is 22.0 Å². The van der Waals surface area contributed by atoms with Crippen molar-refractivity contribution < 1.29 is 4.42 Å². The SMILES string of the molecule is Cc1cc2ccccc2c2c1oc1c(Nc3ccccc3-c3cccc4ccccc34)cccc12. The molecule has 0 aliphatic heterocycles. The molecule has 2 nitrogen and oxygen atoms in total. The maximum atomic E-state index is 6.55. The minimum Gasteiger partial charge on any atom is -0.454 e. The third-order valence-corrected chi connectivity index (χ3v) is 6.95. The first-order chi connectivity index (χ1) is 17.3. The van der Waals surface area contributed by atoms with Crippen LogP contribution < -0.4 is 5.32 Å². The van der Waals surface area contributed by atoms with Crippen molar-refractivity contribution in [3.05, 3.63) is 121 Å². The van der Waals surface area contributed by atoms with Gasteiger partial charge in [-0.15, -0.1) is 0 Å². The summed E-state index contributed by atoms with van der Waals surface area (Å²) in [5, 5.41) is 11.0. The highest BCUT2D eigenvalue weighted by atomic mass is 16.3. The fourth-order valence-electron chi connectivity index (χ4n) is 5.34. The predicted molar refractivity (Wildman–Crippen MR) is 149 cm³/mol. The van der Waals surface area contributed by atoms with Crippen LogP contribution in [-0.2, 0) is 0 Å². The third kappa shape index (κ3) is 3.11. The number of hydrogen-bond donors (Lipinski definition) is 1. The first kappa shape index (κ1) is 19.9. The van der Waals surface area contributed by atoms with Gasteiger partial charge in [0.2, 0.25) is 0 Å². The van der Waals surface area contributed by atoms with Crippen molar-refractivity contribution in [2.45, 2.75) is 6.92 Å². The summed E-state index contributed by atoms with van der Waals surface area (Å²) in [4.78, 5) is 0. The second-order valence-corrected chi connectivity index (χ2v) is 9.10. The van der Waals surface area contributed by atoms with Gasteiger partial charge in [0.1, 0.15) is 5.58 Å². The molecule has 7 aromatic rings. The molecule has 0 aliphatic rings. The van der Waals surface area contributed by atoms with Gasteiger partial charge < -0.3 is 9.73 Å². The van der Waals surface area contributed by atoms with Crippen LogP contribution in [0.4, 0.5) is 11.4 Å². The van der Waals surface area contributed by atoms with Crippen molar-refractivity contribution in [3.63, 3.8) is 0 Å². The standard InChI is InChI=1S/C33H23NO/c1-21-20-23-11-3-5-14-25(23)31-28-17-9-19-30(33(28)35-32(21)31)34-29-18-7-6-15-27(29)26-16-8-12-22-10-2-4-13-24(22)26/h2-20,34H,1H3. The quantitative estimate of drug-likeness (QED) is 0.290. The largest absolute Gasteiger partial charge is 0.454 e. The van der Waals surface area contributed by atoms with Crippen molar-refractivity contribution >= 4 is 54.9 Å². The fourth-order valence-corrected chi connectivity index (χ4v) is 5.34. The highest BCUT2D eigenvalue weighted by molar-refractivity contribution is 6.21. The summed E-state index contributed by atoms with van der Waals surface area (Å²) in [5.74, 6) is 0. The van der Waals surface area contributed by atoms with E-state index in [4.69, 9.17) is 4.42 Å². The molecular weight excluding hydrogens is 426 g/mol. The van der Waals surface area contributed by atoms with Crippen LogP contribution in [0.1, 0.15) is 5.56 Å². The molecule has 1 aromatic heterocycles. The van der Waals surface area contributed by atoms with Crippen LogP contribution in [0, 0.1) is 6.92 Å². The Hall–Kier alpha value is -4.56. The Labute approximate surface area is 203 Å². The molecule has 0 bridgehead atoms. The van der Waals surface area contributed by atoms with Crippen molar-refractivity contribution in [2.24, 2.45) is 0 Å². The lowest BCUT2D eigenvalue weighted by atomic mass is 9.97. The van der Waals surface area contributed by atoms with Crippen LogP contribution in [0.3, 0.4) is 0 Å². The summed E-state index contributed by atoms with van der Waals surface area (Å²) in [5.41, 5.74) is 7.39. The Morgan fingerprint density at radius 2 is 1.14 bits per heavy atom. The average Bonchev–Trinajstić information content (AvgIpc) is 3.31. The van der Waals surface area contributed by atoms with E-state index in [2.05, 4.69) is 128 Å². The van der Waals surface area contributed by atoms with Gasteiger partial charge in [-0.25, -0.2) is 0 Å². The summed E-state index contributed by atoms with van der Waals surface area (Å²) in [6, 6.07) is 40.6. The summed E-state index contributed by atoms with van der Waals surface area (Å²) < 4.78 is 6.55. The normalized spacial score (nSPS) is 11.6. The van der Waals surface area contributed by atoms with Crippen LogP contribution in [0.25, 0.3) is 54.6 Å². The highest BCUT2D eigenvalue weighted by Gasteiger charge is 2.16. The molecule has 0 unspecified atom stereocenters. The zero-order valence-electron chi connectivity index (χ0n) is 19.4. The monoisotopic (exact) mass is 449 g/mol. The van der Waals surface area contributed by atoms with Crippen molar-refractivity contribution in [3.8, 4) is 11.1 Å². The molecule has 0 aliphatic carbocycles. The number of aryl methyl sites for hydroxylation is 1. The first-order valence-electron chi connectivity index (χ1n) is 12.0. The summed E-state index contributed by atoms with van der Waals surface area (Å²) >= 11 is 0. The Balaban J connectivity index is 1.44. The maximum absolute atomic E-state index is 6.55. The number of hydrogen-bond acceptors (Lipinski definition) is 2. The van der Waals surface area contributed by atoms with Gasteiger partial charge in [0.25, 0.3) is 0 Å². The molecule has 0 saturated heterocycles. The smallest absolute Gasteiger partial charge is 0.158 e. The van der Waals surface area contributed by atoms with E-state index in [0.29, 0.717) is 0 Å². The lowest BCUT2D eigenvalue weighted by Gasteiger charge is -2.14. The van der Waals surface area contributed by atoms with Crippen molar-refractivity contribution in [1.82, 2.24) is 0 Å². The van der Waals surface area contributed by atoms with E-state index in [1.807, 2.05) is 0 Å². The molecule has 0 amide bonds. The topological polar surface area (TPSA) is 25.2 Å². The van der Waals surface area contributed by atoms with E-state index in [1.54, 1.807) is 0 Å². The first-order valence-corrected chi connectivity index (χ1v) is 12.0. The summed E-state index contributed by atoms with van der Waals surface area (Å²) in [6.07, 6.45) is 0. The molecule has 1 N–H and O–H groups in total. The van der Waals surface area contributed by atoms with Gasteiger partial charge in [0.05, 0.1) is 5.69 Å². The second kappa shape index (κ2) is 7.75. The molecular formula is C33H23NO. The number of fused-ring (bicyclic) bond motifs is 6. The van der Waals surface area contributed by atoms with E-state index in [1.165, 1.54) is 38.1 Å². The minimum atomic E-state index is 0.884. The van der Waals surface area contributed by atoms with Gasteiger partial charge in [-0.3, -0.25) is 0 Å². The number of rotatable bonds is 3. The Morgan fingerprint density at radius 3 is 2.06 bits per heavy atom. The lowest BCUT2D eigenvalue weighted by molar-refractivity contribution is 0.667. The van der Waals surface area contributed by atoms with Crippen LogP contribution in [0.5, 0.6) is 0 Å². The molecule has 6 aromatic carbocycles. The predicted octanol–water partition coefficient (Wildman–Crippen LogP) is 9.61. The van der Waals surface area contributed by atoms with E-state index >= 15 is 0 Å². The fraction of sp³-hybridized carbons (Fsp3) is 0.0303. The molecule has 7 rings (SSSR count). The molecule has 1 heterocycles. The number of anilines is 2. The number of para-hydroxylation sites is 2. The Morgan fingerprint density at radius 1 is 0.514 bits per heavy atom. The maximum Gasteiger partial charge on any atom is 0.158 e. The second-order valence-electron chi connectivity index (χ2n) is 9.10. The number of benzene rings is 6. The van der Waals surface area contributed by atoms with Crippen molar-refractivity contribution in [2.75, 3.05) is 5.32 Å². The molecule has 0 spiro atoms. The molecule has 0 saturated carbocycles. The Kier molecular flexibility index (Phi) is 4.40. The van der Waals surface area contributed by atoms with Gasteiger partial charge in [-0.2, -0.15) is 0 Å². The zero-order chi connectivity index (χ0) is 23.4. The van der Waals surface area contributed by atoms with E-state index in [9.17, 15) is 0 Å². The zero-order valence-corrected chi connectivity index (χ0v) is 19.4. The number of furan rings is 1. The van der Waals surface area contributed by atoms with Crippen LogP contribution in [0.15, 0.2) is 120 Å². The molecule has 166 valence electrons. The van der Waals surface area contributed by atoms with E-state index in [-0.39, 0.29) is 0 Å². The van der Waals surface area contributed by atoms with Crippen LogP contribution in [0.2, 0.25) is 0 Å².